The van der Waals surface area contributed by atoms with Crippen LogP contribution in [-0.2, 0) is 0 Å². The molecular formula is C11H22N2O. The first kappa shape index (κ1) is 10.4. The lowest BCUT2D eigenvalue weighted by molar-refractivity contribution is 0.135. The predicted octanol–water partition coefficient (Wildman–Crippen LogP) is 0.443. The molecule has 2 atom stereocenters. The molecule has 0 radical (unpaired) electrons. The van der Waals surface area contributed by atoms with Gasteiger partial charge in [0, 0.05) is 12.6 Å². The number of aliphatic hydroxyl groups excluding tert-OH is 1. The zero-order chi connectivity index (χ0) is 9.80. The smallest absolute Gasteiger partial charge is 0.0586 e. The fraction of sp³-hybridized carbons (Fsp3) is 1.00. The van der Waals surface area contributed by atoms with Crippen LogP contribution in [0.5, 0.6) is 0 Å². The van der Waals surface area contributed by atoms with Gasteiger partial charge in [-0.15, -0.1) is 0 Å². The molecule has 2 fully saturated rings. The first-order valence-corrected chi connectivity index (χ1v) is 5.96. The zero-order valence-electron chi connectivity index (χ0n) is 8.91. The highest BCUT2D eigenvalue weighted by Crippen LogP contribution is 2.20. The van der Waals surface area contributed by atoms with Gasteiger partial charge in [-0.1, -0.05) is 0 Å². The zero-order valence-corrected chi connectivity index (χ0v) is 8.91. The van der Waals surface area contributed by atoms with Crippen molar-refractivity contribution in [3.8, 4) is 0 Å². The molecule has 2 aliphatic heterocycles. The molecule has 2 N–H and O–H groups in total. The fourth-order valence-electron chi connectivity index (χ4n) is 2.75. The summed E-state index contributed by atoms with van der Waals surface area (Å²) in [7, 11) is 0. The van der Waals surface area contributed by atoms with Gasteiger partial charge in [0.2, 0.25) is 0 Å². The van der Waals surface area contributed by atoms with Crippen LogP contribution in [0.2, 0.25) is 0 Å². The molecule has 3 heteroatoms. The molecule has 14 heavy (non-hydrogen) atoms. The number of nitrogens with zero attached hydrogens (tertiary/aromatic N) is 1. The van der Waals surface area contributed by atoms with E-state index < -0.39 is 0 Å². The molecule has 0 saturated carbocycles. The van der Waals surface area contributed by atoms with Crippen molar-refractivity contribution in [3.63, 3.8) is 0 Å². The Kier molecular flexibility index (Phi) is 3.79. The van der Waals surface area contributed by atoms with Crippen LogP contribution >= 0.6 is 0 Å². The molecule has 0 bridgehead atoms. The quantitative estimate of drug-likeness (QED) is 0.691. The number of aliphatic hydroxyl groups is 1. The first-order valence-electron chi connectivity index (χ1n) is 5.96. The molecule has 0 spiro atoms. The van der Waals surface area contributed by atoms with Crippen LogP contribution in [0.3, 0.4) is 0 Å². The lowest BCUT2D eigenvalue weighted by atomic mass is 9.99. The minimum Gasteiger partial charge on any atom is -0.395 e. The van der Waals surface area contributed by atoms with Gasteiger partial charge in [-0.3, -0.25) is 4.90 Å². The normalized spacial score (nSPS) is 34.9. The van der Waals surface area contributed by atoms with Gasteiger partial charge >= 0.3 is 0 Å². The molecule has 0 aromatic carbocycles. The van der Waals surface area contributed by atoms with Crippen LogP contribution in [0.25, 0.3) is 0 Å². The van der Waals surface area contributed by atoms with Crippen molar-refractivity contribution < 1.29 is 5.11 Å². The van der Waals surface area contributed by atoms with Crippen LogP contribution in [0.1, 0.15) is 25.7 Å². The van der Waals surface area contributed by atoms with E-state index in [1.807, 2.05) is 0 Å². The molecule has 2 unspecified atom stereocenters. The molecule has 0 aliphatic carbocycles. The Morgan fingerprint density at radius 3 is 2.93 bits per heavy atom. The summed E-state index contributed by atoms with van der Waals surface area (Å²) in [4.78, 5) is 2.48. The highest BCUT2D eigenvalue weighted by Gasteiger charge is 2.26. The third-order valence-corrected chi connectivity index (χ3v) is 3.60. The molecule has 0 aromatic rings. The summed E-state index contributed by atoms with van der Waals surface area (Å²) in [5.74, 6) is 0.816. The predicted molar refractivity (Wildman–Crippen MR) is 57.3 cm³/mol. The topological polar surface area (TPSA) is 35.5 Å². The molecule has 0 amide bonds. The van der Waals surface area contributed by atoms with E-state index in [0.717, 1.165) is 5.92 Å². The number of rotatable bonds is 3. The van der Waals surface area contributed by atoms with Gasteiger partial charge in [0.25, 0.3) is 0 Å². The van der Waals surface area contributed by atoms with E-state index in [1.54, 1.807) is 0 Å². The van der Waals surface area contributed by atoms with E-state index in [-0.39, 0.29) is 0 Å². The Morgan fingerprint density at radius 2 is 2.21 bits per heavy atom. The van der Waals surface area contributed by atoms with Gasteiger partial charge in [0.15, 0.2) is 0 Å². The minimum absolute atomic E-state index is 0.347. The van der Waals surface area contributed by atoms with Crippen molar-refractivity contribution in [1.29, 1.82) is 0 Å². The molecule has 0 aromatic heterocycles. The highest BCUT2D eigenvalue weighted by molar-refractivity contribution is 4.82. The monoisotopic (exact) mass is 198 g/mol. The average molecular weight is 198 g/mol. The summed E-state index contributed by atoms with van der Waals surface area (Å²) < 4.78 is 0. The van der Waals surface area contributed by atoms with Crippen LogP contribution in [0.4, 0.5) is 0 Å². The van der Waals surface area contributed by atoms with Crippen LogP contribution in [-0.4, -0.2) is 48.8 Å². The average Bonchev–Trinajstić information content (AvgIpc) is 2.67. The third-order valence-electron chi connectivity index (χ3n) is 3.60. The Bertz CT molecular complexity index is 169. The SMILES string of the molecule is OCC1CCCN1CC1CCCNC1. The second-order valence-corrected chi connectivity index (χ2v) is 4.69. The number of hydrogen-bond acceptors (Lipinski definition) is 3. The second-order valence-electron chi connectivity index (χ2n) is 4.69. The summed E-state index contributed by atoms with van der Waals surface area (Å²) >= 11 is 0. The van der Waals surface area contributed by atoms with E-state index >= 15 is 0 Å². The second kappa shape index (κ2) is 5.10. The number of hydrogen-bond donors (Lipinski definition) is 2. The fourth-order valence-corrected chi connectivity index (χ4v) is 2.75. The molecule has 2 aliphatic rings. The molecule has 2 rings (SSSR count). The number of likely N-dealkylation sites (tertiary alicyclic amines) is 1. The standard InChI is InChI=1S/C11H22N2O/c14-9-11-4-2-6-13(11)8-10-3-1-5-12-7-10/h10-12,14H,1-9H2. The molecule has 3 nitrogen and oxygen atoms in total. The maximum atomic E-state index is 9.21. The summed E-state index contributed by atoms with van der Waals surface area (Å²) in [6.45, 7) is 5.11. The molecule has 2 saturated heterocycles. The molecule has 2 heterocycles. The van der Waals surface area contributed by atoms with E-state index in [0.29, 0.717) is 12.6 Å². The van der Waals surface area contributed by atoms with E-state index in [2.05, 4.69) is 10.2 Å². The van der Waals surface area contributed by atoms with Gasteiger partial charge in [0.05, 0.1) is 6.61 Å². The number of nitrogens with one attached hydrogen (secondary N) is 1. The van der Waals surface area contributed by atoms with E-state index in [4.69, 9.17) is 0 Å². The van der Waals surface area contributed by atoms with Gasteiger partial charge in [-0.2, -0.15) is 0 Å². The minimum atomic E-state index is 0.347. The van der Waals surface area contributed by atoms with Crippen molar-refractivity contribution in [2.24, 2.45) is 5.92 Å². The maximum Gasteiger partial charge on any atom is 0.0586 e. The summed E-state index contributed by atoms with van der Waals surface area (Å²) in [6.07, 6.45) is 5.14. The van der Waals surface area contributed by atoms with Crippen molar-refractivity contribution in [2.75, 3.05) is 32.8 Å². The lowest BCUT2D eigenvalue weighted by Gasteiger charge is -2.30. The highest BCUT2D eigenvalue weighted by atomic mass is 16.3. The Hall–Kier alpha value is -0.120. The third kappa shape index (κ3) is 2.47. The van der Waals surface area contributed by atoms with Gasteiger partial charge in [-0.05, 0) is 51.2 Å². The molecular weight excluding hydrogens is 176 g/mol. The Labute approximate surface area is 86.5 Å². The van der Waals surface area contributed by atoms with Crippen LogP contribution in [0.15, 0.2) is 0 Å². The van der Waals surface area contributed by atoms with Crippen molar-refractivity contribution >= 4 is 0 Å². The largest absolute Gasteiger partial charge is 0.395 e. The maximum absolute atomic E-state index is 9.21. The van der Waals surface area contributed by atoms with Crippen molar-refractivity contribution in [2.45, 2.75) is 31.7 Å². The Morgan fingerprint density at radius 1 is 1.29 bits per heavy atom. The van der Waals surface area contributed by atoms with Gasteiger partial charge in [0.1, 0.15) is 0 Å². The van der Waals surface area contributed by atoms with Gasteiger partial charge in [-0.25, -0.2) is 0 Å². The number of piperidine rings is 1. The summed E-state index contributed by atoms with van der Waals surface area (Å²) in [5, 5.41) is 12.7. The van der Waals surface area contributed by atoms with Crippen LogP contribution in [0, 0.1) is 5.92 Å². The van der Waals surface area contributed by atoms with E-state index in [1.165, 1.54) is 51.9 Å². The van der Waals surface area contributed by atoms with Gasteiger partial charge < -0.3 is 10.4 Å². The van der Waals surface area contributed by atoms with E-state index in [9.17, 15) is 5.11 Å². The first-order chi connectivity index (χ1) is 6.90. The lowest BCUT2D eigenvalue weighted by Crippen LogP contribution is -2.41. The van der Waals surface area contributed by atoms with Crippen LogP contribution < -0.4 is 5.32 Å². The Balaban J connectivity index is 1.77. The summed E-state index contributed by atoms with van der Waals surface area (Å²) in [6, 6.07) is 0.455. The van der Waals surface area contributed by atoms with Crippen molar-refractivity contribution in [3.05, 3.63) is 0 Å². The summed E-state index contributed by atoms with van der Waals surface area (Å²) in [5.41, 5.74) is 0. The molecule has 82 valence electrons. The van der Waals surface area contributed by atoms with Crippen molar-refractivity contribution in [1.82, 2.24) is 10.2 Å².